The lowest BCUT2D eigenvalue weighted by molar-refractivity contribution is 0.0600. The molecule has 27 heavy (non-hydrogen) atoms. The van der Waals surface area contributed by atoms with Crippen LogP contribution in [0.2, 0.25) is 0 Å². The molecular weight excluding hydrogens is 348 g/mol. The molecule has 0 bridgehead atoms. The molecule has 0 fully saturated rings. The Kier molecular flexibility index (Phi) is 4.08. The smallest absolute Gasteiger partial charge is 0.337 e. The molecule has 2 heterocycles. The zero-order valence-electron chi connectivity index (χ0n) is 14.7. The molecule has 0 atom stereocenters. The van der Waals surface area contributed by atoms with Gasteiger partial charge in [-0.15, -0.1) is 10.2 Å². The van der Waals surface area contributed by atoms with E-state index in [1.807, 2.05) is 18.2 Å². The van der Waals surface area contributed by atoms with E-state index in [9.17, 15) is 9.59 Å². The van der Waals surface area contributed by atoms with Crippen LogP contribution in [0, 0.1) is 0 Å². The normalized spacial score (nSPS) is 11.0. The second-order valence-electron chi connectivity index (χ2n) is 5.94. The molecule has 0 aliphatic carbocycles. The van der Waals surface area contributed by atoms with Crippen molar-refractivity contribution >= 4 is 22.6 Å². The summed E-state index contributed by atoms with van der Waals surface area (Å²) >= 11 is 0. The maximum Gasteiger partial charge on any atom is 0.337 e. The van der Waals surface area contributed by atoms with Crippen LogP contribution in [0.15, 0.2) is 53.3 Å². The second kappa shape index (κ2) is 6.56. The highest BCUT2D eigenvalue weighted by molar-refractivity contribution is 5.89. The van der Waals surface area contributed by atoms with Crippen molar-refractivity contribution in [3.05, 3.63) is 70.3 Å². The molecule has 0 amide bonds. The molecule has 4 aromatic rings. The van der Waals surface area contributed by atoms with Gasteiger partial charge in [-0.25, -0.2) is 4.79 Å². The van der Waals surface area contributed by atoms with Crippen LogP contribution in [0.25, 0.3) is 16.7 Å². The van der Waals surface area contributed by atoms with E-state index >= 15 is 0 Å². The number of methoxy groups -OCH3 is 1. The highest BCUT2D eigenvalue weighted by atomic mass is 16.5. The van der Waals surface area contributed by atoms with Crippen molar-refractivity contribution in [1.29, 1.82) is 0 Å². The van der Waals surface area contributed by atoms with Crippen LogP contribution in [0.5, 0.6) is 5.75 Å². The zero-order valence-corrected chi connectivity index (χ0v) is 14.7. The molecule has 0 N–H and O–H groups in total. The Bertz CT molecular complexity index is 1230. The van der Waals surface area contributed by atoms with Crippen LogP contribution in [0.4, 0.5) is 0 Å². The summed E-state index contributed by atoms with van der Waals surface area (Å²) in [6.45, 7) is 0.119. The van der Waals surface area contributed by atoms with E-state index < -0.39 is 5.97 Å². The highest BCUT2D eigenvalue weighted by Gasteiger charge is 2.15. The number of aryl methyl sites for hydroxylation is 1. The van der Waals surface area contributed by atoms with Gasteiger partial charge in [-0.05, 0) is 30.3 Å². The summed E-state index contributed by atoms with van der Waals surface area (Å²) in [5, 5.41) is 8.87. The summed E-state index contributed by atoms with van der Waals surface area (Å²) in [6.07, 6.45) is 0. The monoisotopic (exact) mass is 364 g/mol. The first-order valence-corrected chi connectivity index (χ1v) is 8.23. The standard InChI is InChI=1S/C19H16N4O4/c1-22-17(24)14-8-3-4-9-15(14)23-16(20-21-19(22)23)11-27-13-7-5-6-12(10-13)18(25)26-2/h3-10H,11H2,1-2H3. The van der Waals surface area contributed by atoms with E-state index in [-0.39, 0.29) is 12.2 Å². The number of benzene rings is 2. The molecular formula is C19H16N4O4. The number of para-hydroxylation sites is 1. The fourth-order valence-corrected chi connectivity index (χ4v) is 2.96. The molecule has 2 aromatic heterocycles. The first-order valence-electron chi connectivity index (χ1n) is 8.23. The lowest BCUT2D eigenvalue weighted by Gasteiger charge is -2.09. The molecule has 0 unspecified atom stereocenters. The molecule has 2 aromatic carbocycles. The fourth-order valence-electron chi connectivity index (χ4n) is 2.96. The Morgan fingerprint density at radius 1 is 1.11 bits per heavy atom. The van der Waals surface area contributed by atoms with E-state index in [1.165, 1.54) is 11.7 Å². The van der Waals surface area contributed by atoms with Crippen molar-refractivity contribution < 1.29 is 14.3 Å². The van der Waals surface area contributed by atoms with Crippen molar-refractivity contribution in [2.45, 2.75) is 6.61 Å². The topological polar surface area (TPSA) is 87.7 Å². The molecule has 0 aliphatic rings. The third-order valence-corrected chi connectivity index (χ3v) is 4.32. The minimum atomic E-state index is -0.436. The first-order chi connectivity index (χ1) is 13.1. The van der Waals surface area contributed by atoms with Crippen LogP contribution in [0.1, 0.15) is 16.2 Å². The van der Waals surface area contributed by atoms with E-state index in [0.717, 1.165) is 0 Å². The van der Waals surface area contributed by atoms with Gasteiger partial charge in [0.05, 0.1) is 23.6 Å². The molecule has 0 radical (unpaired) electrons. The summed E-state index contributed by atoms with van der Waals surface area (Å²) in [7, 11) is 2.98. The summed E-state index contributed by atoms with van der Waals surface area (Å²) in [5.74, 6) is 1.04. The summed E-state index contributed by atoms with van der Waals surface area (Å²) in [5.41, 5.74) is 0.972. The maximum atomic E-state index is 12.5. The van der Waals surface area contributed by atoms with Crippen LogP contribution in [-0.4, -0.2) is 32.2 Å². The third-order valence-electron chi connectivity index (χ3n) is 4.32. The largest absolute Gasteiger partial charge is 0.486 e. The van der Waals surface area contributed by atoms with Gasteiger partial charge < -0.3 is 9.47 Å². The van der Waals surface area contributed by atoms with Gasteiger partial charge in [-0.1, -0.05) is 18.2 Å². The van der Waals surface area contributed by atoms with Crippen LogP contribution in [-0.2, 0) is 18.4 Å². The lowest BCUT2D eigenvalue weighted by atomic mass is 10.2. The maximum absolute atomic E-state index is 12.5. The van der Waals surface area contributed by atoms with Crippen LogP contribution < -0.4 is 10.3 Å². The van der Waals surface area contributed by atoms with Gasteiger partial charge in [-0.2, -0.15) is 0 Å². The van der Waals surface area contributed by atoms with E-state index in [1.54, 1.807) is 41.8 Å². The SMILES string of the molecule is COC(=O)c1cccc(OCc2nnc3n(C)c(=O)c4ccccc4n23)c1. The first kappa shape index (κ1) is 16.8. The van der Waals surface area contributed by atoms with Crippen molar-refractivity contribution in [2.75, 3.05) is 7.11 Å². The molecule has 0 aliphatic heterocycles. The van der Waals surface area contributed by atoms with E-state index in [2.05, 4.69) is 10.2 Å². The molecule has 0 saturated heterocycles. The van der Waals surface area contributed by atoms with Crippen molar-refractivity contribution in [2.24, 2.45) is 7.05 Å². The Labute approximate surface area is 153 Å². The molecule has 8 nitrogen and oxygen atoms in total. The predicted octanol–water partition coefficient (Wildman–Crippen LogP) is 1.95. The Morgan fingerprint density at radius 2 is 1.93 bits per heavy atom. The number of nitrogens with zero attached hydrogens (tertiary/aromatic N) is 4. The number of rotatable bonds is 4. The van der Waals surface area contributed by atoms with Gasteiger partial charge in [0.1, 0.15) is 12.4 Å². The number of carbonyl (C=O) groups excluding carboxylic acids is 1. The summed E-state index contributed by atoms with van der Waals surface area (Å²) in [4.78, 5) is 24.1. The lowest BCUT2D eigenvalue weighted by Crippen LogP contribution is -2.20. The Hall–Kier alpha value is -3.68. The molecule has 0 saturated carbocycles. The van der Waals surface area contributed by atoms with Crippen molar-refractivity contribution in [3.63, 3.8) is 0 Å². The number of carbonyl (C=O) groups is 1. The van der Waals surface area contributed by atoms with Gasteiger partial charge in [0, 0.05) is 7.05 Å². The summed E-state index contributed by atoms with van der Waals surface area (Å²) in [6, 6.07) is 14.0. The zero-order chi connectivity index (χ0) is 19.0. The average molecular weight is 364 g/mol. The van der Waals surface area contributed by atoms with Gasteiger partial charge in [-0.3, -0.25) is 13.8 Å². The third kappa shape index (κ3) is 2.80. The van der Waals surface area contributed by atoms with Gasteiger partial charge in [0.2, 0.25) is 5.78 Å². The minimum absolute atomic E-state index is 0.119. The van der Waals surface area contributed by atoms with Gasteiger partial charge in [0.25, 0.3) is 5.56 Å². The van der Waals surface area contributed by atoms with Crippen molar-refractivity contribution in [1.82, 2.24) is 19.2 Å². The van der Waals surface area contributed by atoms with Crippen molar-refractivity contribution in [3.8, 4) is 5.75 Å². The molecule has 0 spiro atoms. The fraction of sp³-hybridized carbons (Fsp3) is 0.158. The summed E-state index contributed by atoms with van der Waals surface area (Å²) < 4.78 is 13.8. The van der Waals surface area contributed by atoms with E-state index in [0.29, 0.717) is 33.8 Å². The Morgan fingerprint density at radius 3 is 2.74 bits per heavy atom. The number of hydrogen-bond acceptors (Lipinski definition) is 6. The van der Waals surface area contributed by atoms with Crippen LogP contribution >= 0.6 is 0 Å². The van der Waals surface area contributed by atoms with Gasteiger partial charge >= 0.3 is 5.97 Å². The molecule has 8 heteroatoms. The van der Waals surface area contributed by atoms with Gasteiger partial charge in [0.15, 0.2) is 5.82 Å². The number of aromatic nitrogens is 4. The minimum Gasteiger partial charge on any atom is -0.486 e. The number of hydrogen-bond donors (Lipinski definition) is 0. The van der Waals surface area contributed by atoms with Crippen LogP contribution in [0.3, 0.4) is 0 Å². The Balaban J connectivity index is 1.74. The highest BCUT2D eigenvalue weighted by Crippen LogP contribution is 2.18. The predicted molar refractivity (Wildman–Crippen MR) is 97.8 cm³/mol. The number of ether oxygens (including phenoxy) is 2. The number of fused-ring (bicyclic) bond motifs is 3. The number of esters is 1. The quantitative estimate of drug-likeness (QED) is 0.514. The van der Waals surface area contributed by atoms with E-state index in [4.69, 9.17) is 9.47 Å². The second-order valence-corrected chi connectivity index (χ2v) is 5.94. The molecule has 136 valence electrons. The molecule has 4 rings (SSSR count). The average Bonchev–Trinajstić information content (AvgIpc) is 3.14.